The lowest BCUT2D eigenvalue weighted by Crippen LogP contribution is -2.22. The highest BCUT2D eigenvalue weighted by molar-refractivity contribution is 7.91. The topological polar surface area (TPSA) is 101 Å². The Morgan fingerprint density at radius 3 is 2.80 bits per heavy atom. The van der Waals surface area contributed by atoms with E-state index in [0.717, 1.165) is 17.7 Å². The SMILES string of the molecule is CCc1ccccc1NC(=O)c1cc(NC2CCS(=O)(=O)C2)ncn1. The van der Waals surface area contributed by atoms with Crippen LogP contribution in [0.25, 0.3) is 0 Å². The second-order valence-corrected chi connectivity index (χ2v) is 8.23. The molecule has 1 amide bonds. The van der Waals surface area contributed by atoms with E-state index >= 15 is 0 Å². The second-order valence-electron chi connectivity index (χ2n) is 6.00. The number of rotatable bonds is 5. The Labute approximate surface area is 146 Å². The molecule has 132 valence electrons. The number of carbonyl (C=O) groups excluding carboxylic acids is 1. The van der Waals surface area contributed by atoms with Crippen molar-refractivity contribution >= 4 is 27.2 Å². The molecule has 1 saturated heterocycles. The molecule has 0 bridgehead atoms. The van der Waals surface area contributed by atoms with E-state index in [2.05, 4.69) is 20.6 Å². The summed E-state index contributed by atoms with van der Waals surface area (Å²) in [5.74, 6) is 0.385. The summed E-state index contributed by atoms with van der Waals surface area (Å²) >= 11 is 0. The molecule has 3 rings (SSSR count). The molecule has 2 aromatic rings. The van der Waals surface area contributed by atoms with E-state index in [9.17, 15) is 13.2 Å². The van der Waals surface area contributed by atoms with Crippen LogP contribution in [0.2, 0.25) is 0 Å². The van der Waals surface area contributed by atoms with Gasteiger partial charge in [-0.2, -0.15) is 0 Å². The zero-order chi connectivity index (χ0) is 17.9. The van der Waals surface area contributed by atoms with Crippen LogP contribution in [0.1, 0.15) is 29.4 Å². The van der Waals surface area contributed by atoms with Crippen molar-refractivity contribution in [1.82, 2.24) is 9.97 Å². The number of aromatic nitrogens is 2. The number of hydrogen-bond donors (Lipinski definition) is 2. The number of anilines is 2. The van der Waals surface area contributed by atoms with Crippen molar-refractivity contribution in [3.05, 3.63) is 47.9 Å². The summed E-state index contributed by atoms with van der Waals surface area (Å²) in [7, 11) is -2.98. The molecule has 25 heavy (non-hydrogen) atoms. The zero-order valence-corrected chi connectivity index (χ0v) is 14.7. The van der Waals surface area contributed by atoms with Crippen LogP contribution >= 0.6 is 0 Å². The van der Waals surface area contributed by atoms with E-state index < -0.39 is 9.84 Å². The molecule has 1 unspecified atom stereocenters. The Hall–Kier alpha value is -2.48. The second kappa shape index (κ2) is 7.18. The molecule has 1 aromatic heterocycles. The van der Waals surface area contributed by atoms with Crippen molar-refractivity contribution in [2.45, 2.75) is 25.8 Å². The summed E-state index contributed by atoms with van der Waals surface area (Å²) in [5, 5.41) is 5.93. The van der Waals surface area contributed by atoms with Gasteiger partial charge in [0.05, 0.1) is 11.5 Å². The molecule has 7 nitrogen and oxygen atoms in total. The Morgan fingerprint density at radius 1 is 1.28 bits per heavy atom. The van der Waals surface area contributed by atoms with Gasteiger partial charge in [0, 0.05) is 17.8 Å². The number of hydrogen-bond acceptors (Lipinski definition) is 6. The van der Waals surface area contributed by atoms with Crippen LogP contribution < -0.4 is 10.6 Å². The third kappa shape index (κ3) is 4.33. The van der Waals surface area contributed by atoms with Gasteiger partial charge in [0.2, 0.25) is 0 Å². The minimum Gasteiger partial charge on any atom is -0.366 e. The molecule has 8 heteroatoms. The van der Waals surface area contributed by atoms with Crippen molar-refractivity contribution < 1.29 is 13.2 Å². The van der Waals surface area contributed by atoms with Crippen LogP contribution in [0.5, 0.6) is 0 Å². The van der Waals surface area contributed by atoms with Crippen LogP contribution in [0.3, 0.4) is 0 Å². The van der Waals surface area contributed by atoms with Crippen molar-refractivity contribution in [1.29, 1.82) is 0 Å². The lowest BCUT2D eigenvalue weighted by Gasteiger charge is -2.12. The summed E-state index contributed by atoms with van der Waals surface area (Å²) < 4.78 is 23.1. The van der Waals surface area contributed by atoms with Gasteiger partial charge in [0.15, 0.2) is 9.84 Å². The highest BCUT2D eigenvalue weighted by atomic mass is 32.2. The lowest BCUT2D eigenvalue weighted by atomic mass is 10.1. The Kier molecular flexibility index (Phi) is 4.98. The summed E-state index contributed by atoms with van der Waals surface area (Å²) in [5.41, 5.74) is 2.02. The molecule has 1 aliphatic rings. The summed E-state index contributed by atoms with van der Waals surface area (Å²) in [6, 6.07) is 8.95. The number of nitrogens with one attached hydrogen (secondary N) is 2. The maximum atomic E-state index is 12.4. The van der Waals surface area contributed by atoms with E-state index in [1.165, 1.54) is 12.4 Å². The lowest BCUT2D eigenvalue weighted by molar-refractivity contribution is 0.102. The van der Waals surface area contributed by atoms with Crippen LogP contribution in [0.15, 0.2) is 36.7 Å². The predicted octanol–water partition coefficient (Wildman–Crippen LogP) is 1.89. The first-order valence-electron chi connectivity index (χ1n) is 8.15. The molecule has 1 aromatic carbocycles. The van der Waals surface area contributed by atoms with Crippen LogP contribution in [0, 0.1) is 0 Å². The van der Waals surface area contributed by atoms with Gasteiger partial charge < -0.3 is 10.6 Å². The number of nitrogens with zero attached hydrogens (tertiary/aromatic N) is 2. The quantitative estimate of drug-likeness (QED) is 0.844. The average molecular weight is 360 g/mol. The van der Waals surface area contributed by atoms with Crippen molar-refractivity contribution in [2.24, 2.45) is 0 Å². The first kappa shape index (κ1) is 17.3. The maximum Gasteiger partial charge on any atom is 0.274 e. The Bertz CT molecular complexity index is 883. The summed E-state index contributed by atoms with van der Waals surface area (Å²) in [6.07, 6.45) is 2.65. The summed E-state index contributed by atoms with van der Waals surface area (Å²) in [4.78, 5) is 20.5. The monoisotopic (exact) mass is 360 g/mol. The third-order valence-electron chi connectivity index (χ3n) is 4.13. The highest BCUT2D eigenvalue weighted by Gasteiger charge is 2.28. The number of sulfone groups is 1. The highest BCUT2D eigenvalue weighted by Crippen LogP contribution is 2.18. The molecule has 1 aliphatic heterocycles. The molecule has 2 N–H and O–H groups in total. The largest absolute Gasteiger partial charge is 0.366 e. The molecule has 0 radical (unpaired) electrons. The van der Waals surface area contributed by atoms with E-state index in [1.54, 1.807) is 0 Å². The molecule has 0 aliphatic carbocycles. The van der Waals surface area contributed by atoms with E-state index in [-0.39, 0.29) is 29.1 Å². The predicted molar refractivity (Wildman–Crippen MR) is 96.5 cm³/mol. The summed E-state index contributed by atoms with van der Waals surface area (Å²) in [6.45, 7) is 2.02. The van der Waals surface area contributed by atoms with Gasteiger partial charge in [-0.3, -0.25) is 4.79 Å². The standard InChI is InChI=1S/C17H20N4O3S/c1-2-12-5-3-4-6-14(12)21-17(22)15-9-16(19-11-18-15)20-13-7-8-25(23,24)10-13/h3-6,9,11,13H,2,7-8,10H2,1H3,(H,21,22)(H,18,19,20). The van der Waals surface area contributed by atoms with Crippen molar-refractivity contribution in [3.8, 4) is 0 Å². The number of aryl methyl sites for hydroxylation is 1. The van der Waals surface area contributed by atoms with Gasteiger partial charge in [-0.25, -0.2) is 18.4 Å². The molecule has 2 heterocycles. The molecule has 1 atom stereocenters. The fourth-order valence-corrected chi connectivity index (χ4v) is 4.49. The van der Waals surface area contributed by atoms with Gasteiger partial charge in [0.25, 0.3) is 5.91 Å². The van der Waals surface area contributed by atoms with Gasteiger partial charge in [-0.15, -0.1) is 0 Å². The van der Waals surface area contributed by atoms with Crippen molar-refractivity contribution in [2.75, 3.05) is 22.1 Å². The van der Waals surface area contributed by atoms with E-state index in [4.69, 9.17) is 0 Å². The third-order valence-corrected chi connectivity index (χ3v) is 5.90. The smallest absolute Gasteiger partial charge is 0.274 e. The van der Waals surface area contributed by atoms with E-state index in [1.807, 2.05) is 31.2 Å². The molecule has 0 saturated carbocycles. The molecule has 0 spiro atoms. The van der Waals surface area contributed by atoms with Gasteiger partial charge in [0.1, 0.15) is 17.8 Å². The van der Waals surface area contributed by atoms with Crippen LogP contribution in [-0.4, -0.2) is 41.8 Å². The molecular weight excluding hydrogens is 340 g/mol. The first-order chi connectivity index (χ1) is 12.0. The minimum atomic E-state index is -2.98. The minimum absolute atomic E-state index is 0.0857. The number of carbonyl (C=O) groups is 1. The van der Waals surface area contributed by atoms with Crippen LogP contribution in [0.4, 0.5) is 11.5 Å². The van der Waals surface area contributed by atoms with Gasteiger partial charge in [-0.1, -0.05) is 25.1 Å². The molecule has 1 fully saturated rings. The Balaban J connectivity index is 1.71. The van der Waals surface area contributed by atoms with Gasteiger partial charge >= 0.3 is 0 Å². The Morgan fingerprint density at radius 2 is 2.08 bits per heavy atom. The first-order valence-corrected chi connectivity index (χ1v) is 9.97. The van der Waals surface area contributed by atoms with Crippen LogP contribution in [-0.2, 0) is 16.3 Å². The maximum absolute atomic E-state index is 12.4. The van der Waals surface area contributed by atoms with Gasteiger partial charge in [-0.05, 0) is 24.5 Å². The van der Waals surface area contributed by atoms with Crippen molar-refractivity contribution in [3.63, 3.8) is 0 Å². The average Bonchev–Trinajstić information content (AvgIpc) is 2.94. The number of para-hydroxylation sites is 1. The fraction of sp³-hybridized carbons (Fsp3) is 0.353. The zero-order valence-electron chi connectivity index (χ0n) is 13.9. The van der Waals surface area contributed by atoms with E-state index in [0.29, 0.717) is 12.2 Å². The number of benzene rings is 1. The molecular formula is C17H20N4O3S. The normalized spacial score (nSPS) is 18.7. The fourth-order valence-electron chi connectivity index (χ4n) is 2.82. The number of amides is 1.